The van der Waals surface area contributed by atoms with Crippen LogP contribution in [0, 0.1) is 0 Å². The van der Waals surface area contributed by atoms with E-state index in [2.05, 4.69) is 17.1 Å². The van der Waals surface area contributed by atoms with Gasteiger partial charge in [0.1, 0.15) is 0 Å². The van der Waals surface area contributed by atoms with Crippen molar-refractivity contribution in [3.63, 3.8) is 0 Å². The van der Waals surface area contributed by atoms with E-state index in [0.717, 1.165) is 27.9 Å². The summed E-state index contributed by atoms with van der Waals surface area (Å²) in [5, 5.41) is 4.26. The van der Waals surface area contributed by atoms with Crippen molar-refractivity contribution in [2.75, 3.05) is 6.54 Å². The number of carbonyl (C=O) groups excluding carboxylic acids is 1. The summed E-state index contributed by atoms with van der Waals surface area (Å²) in [5.41, 5.74) is 2.83. The number of likely N-dealkylation sites (tertiary alicyclic amines) is 1. The third-order valence-corrected chi connectivity index (χ3v) is 7.93. The molecule has 0 bridgehead atoms. The molecule has 1 saturated heterocycles. The molecule has 3 aromatic rings. The number of amides is 1. The van der Waals surface area contributed by atoms with E-state index in [0.29, 0.717) is 18.0 Å². The van der Waals surface area contributed by atoms with E-state index in [-0.39, 0.29) is 5.91 Å². The molecule has 156 valence electrons. The minimum absolute atomic E-state index is 0.0292. The van der Waals surface area contributed by atoms with Gasteiger partial charge in [-0.15, -0.1) is 11.3 Å². The van der Waals surface area contributed by atoms with Crippen LogP contribution in [0.4, 0.5) is 0 Å². The first kappa shape index (κ1) is 19.7. The van der Waals surface area contributed by atoms with E-state index >= 15 is 0 Å². The van der Waals surface area contributed by atoms with Crippen LogP contribution in [-0.2, 0) is 6.54 Å². The highest BCUT2D eigenvalue weighted by Crippen LogP contribution is 2.44. The van der Waals surface area contributed by atoms with Crippen LogP contribution in [0.25, 0.3) is 10.2 Å². The van der Waals surface area contributed by atoms with Gasteiger partial charge in [0.25, 0.3) is 5.91 Å². The summed E-state index contributed by atoms with van der Waals surface area (Å²) in [6, 6.07) is 17.4. The van der Waals surface area contributed by atoms with Crippen LogP contribution in [0.3, 0.4) is 0 Å². The molecule has 0 radical (unpaired) electrons. The van der Waals surface area contributed by atoms with E-state index in [9.17, 15) is 4.79 Å². The third-order valence-electron chi connectivity index (χ3n) is 6.75. The van der Waals surface area contributed by atoms with Crippen LogP contribution < -0.4 is 5.32 Å². The molecule has 30 heavy (non-hydrogen) atoms. The molecule has 1 N–H and O–H groups in total. The van der Waals surface area contributed by atoms with E-state index in [1.807, 2.05) is 48.5 Å². The van der Waals surface area contributed by atoms with Gasteiger partial charge in [-0.1, -0.05) is 36.8 Å². The lowest BCUT2D eigenvalue weighted by atomic mass is 9.78. The monoisotopic (exact) mass is 419 g/mol. The molecule has 2 heterocycles. The first-order valence-electron chi connectivity index (χ1n) is 11.2. The van der Waals surface area contributed by atoms with E-state index < -0.39 is 0 Å². The zero-order chi connectivity index (χ0) is 20.5. The van der Waals surface area contributed by atoms with E-state index in [4.69, 9.17) is 4.98 Å². The minimum atomic E-state index is -0.0292. The molecule has 1 aromatic heterocycles. The number of piperidine rings is 1. The number of nitrogens with one attached hydrogen (secondary N) is 1. The maximum absolute atomic E-state index is 12.6. The smallest absolute Gasteiger partial charge is 0.251 e. The van der Waals surface area contributed by atoms with Gasteiger partial charge in [-0.25, -0.2) is 4.98 Å². The van der Waals surface area contributed by atoms with Crippen molar-refractivity contribution < 1.29 is 4.79 Å². The highest BCUT2D eigenvalue weighted by molar-refractivity contribution is 7.18. The molecule has 2 aliphatic rings. The summed E-state index contributed by atoms with van der Waals surface area (Å²) < 4.78 is 1.12. The second-order valence-electron chi connectivity index (χ2n) is 8.81. The normalized spacial score (nSPS) is 24.5. The van der Waals surface area contributed by atoms with Gasteiger partial charge < -0.3 is 5.32 Å². The maximum Gasteiger partial charge on any atom is 0.251 e. The number of carbonyl (C=O) groups is 1. The van der Waals surface area contributed by atoms with Gasteiger partial charge in [0.2, 0.25) is 0 Å². The van der Waals surface area contributed by atoms with Crippen molar-refractivity contribution >= 4 is 27.5 Å². The summed E-state index contributed by atoms with van der Waals surface area (Å²) in [4.78, 5) is 20.2. The number of fused-ring (bicyclic) bond motifs is 1. The zero-order valence-corrected chi connectivity index (χ0v) is 18.3. The summed E-state index contributed by atoms with van der Waals surface area (Å²) in [6.45, 7) is 4.19. The first-order chi connectivity index (χ1) is 14.7. The number of hydrogen-bond acceptors (Lipinski definition) is 4. The average molecular weight is 420 g/mol. The zero-order valence-electron chi connectivity index (χ0n) is 17.5. The predicted molar refractivity (Wildman–Crippen MR) is 123 cm³/mol. The minimum Gasteiger partial charge on any atom is -0.348 e. The van der Waals surface area contributed by atoms with Gasteiger partial charge >= 0.3 is 0 Å². The Hall–Kier alpha value is -2.24. The Morgan fingerprint density at radius 2 is 2.00 bits per heavy atom. The molecule has 0 spiro atoms. The van der Waals surface area contributed by atoms with Crippen LogP contribution in [0.15, 0.2) is 48.5 Å². The SMILES string of the molecule is CC1CCCCN1C1CC(c2nc3ccc(C(=O)NCc4ccccc4)cc3s2)C1. The van der Waals surface area contributed by atoms with Crippen molar-refractivity contribution in [3.8, 4) is 0 Å². The molecular weight excluding hydrogens is 390 g/mol. The summed E-state index contributed by atoms with van der Waals surface area (Å²) >= 11 is 1.77. The quantitative estimate of drug-likeness (QED) is 0.607. The molecule has 1 atom stereocenters. The molecule has 1 saturated carbocycles. The van der Waals surface area contributed by atoms with Gasteiger partial charge in [-0.05, 0) is 62.9 Å². The lowest BCUT2D eigenvalue weighted by Gasteiger charge is -2.47. The Morgan fingerprint density at radius 1 is 1.17 bits per heavy atom. The van der Waals surface area contributed by atoms with Gasteiger partial charge in [0.05, 0.1) is 15.2 Å². The number of nitrogens with zero attached hydrogens (tertiary/aromatic N) is 2. The van der Waals surface area contributed by atoms with Crippen LogP contribution in [-0.4, -0.2) is 34.4 Å². The van der Waals surface area contributed by atoms with Crippen LogP contribution in [0.2, 0.25) is 0 Å². The lowest BCUT2D eigenvalue weighted by Crippen LogP contribution is -2.50. The molecule has 1 amide bonds. The summed E-state index contributed by atoms with van der Waals surface area (Å²) in [7, 11) is 0. The van der Waals surface area contributed by atoms with Crippen molar-refractivity contribution in [2.24, 2.45) is 0 Å². The average Bonchev–Trinajstić information content (AvgIpc) is 3.15. The molecule has 5 rings (SSSR count). The maximum atomic E-state index is 12.6. The molecule has 1 aliphatic heterocycles. The number of rotatable bonds is 5. The highest BCUT2D eigenvalue weighted by Gasteiger charge is 2.38. The second-order valence-corrected chi connectivity index (χ2v) is 9.87. The molecular formula is C25H29N3OS. The fourth-order valence-corrected chi connectivity index (χ4v) is 5.99. The Bertz CT molecular complexity index is 1030. The van der Waals surface area contributed by atoms with Crippen molar-refractivity contribution in [1.82, 2.24) is 15.2 Å². The fourth-order valence-electron chi connectivity index (χ4n) is 4.86. The second kappa shape index (κ2) is 8.48. The Kier molecular flexibility index (Phi) is 5.57. The van der Waals surface area contributed by atoms with Crippen molar-refractivity contribution in [1.29, 1.82) is 0 Å². The molecule has 2 aromatic carbocycles. The van der Waals surface area contributed by atoms with E-state index in [1.165, 1.54) is 43.7 Å². The number of aromatic nitrogens is 1. The molecule has 4 nitrogen and oxygen atoms in total. The third kappa shape index (κ3) is 4.01. The van der Waals surface area contributed by atoms with E-state index in [1.54, 1.807) is 11.3 Å². The Morgan fingerprint density at radius 3 is 2.80 bits per heavy atom. The largest absolute Gasteiger partial charge is 0.348 e. The van der Waals surface area contributed by atoms with Gasteiger partial charge in [0, 0.05) is 30.1 Å². The Balaban J connectivity index is 1.23. The van der Waals surface area contributed by atoms with Crippen LogP contribution >= 0.6 is 11.3 Å². The molecule has 1 aliphatic carbocycles. The van der Waals surface area contributed by atoms with Gasteiger partial charge in [0.15, 0.2) is 0 Å². The lowest BCUT2D eigenvalue weighted by molar-refractivity contribution is 0.0480. The number of hydrogen-bond donors (Lipinski definition) is 1. The molecule has 1 unspecified atom stereocenters. The number of benzene rings is 2. The summed E-state index contributed by atoms with van der Waals surface area (Å²) in [6.07, 6.45) is 6.54. The highest BCUT2D eigenvalue weighted by atomic mass is 32.1. The fraction of sp³-hybridized carbons (Fsp3) is 0.440. The van der Waals surface area contributed by atoms with Crippen LogP contribution in [0.5, 0.6) is 0 Å². The van der Waals surface area contributed by atoms with Gasteiger partial charge in [-0.3, -0.25) is 9.69 Å². The van der Waals surface area contributed by atoms with Crippen LogP contribution in [0.1, 0.15) is 65.9 Å². The molecule has 2 fully saturated rings. The number of thiazole rings is 1. The Labute approximate surface area is 182 Å². The summed E-state index contributed by atoms with van der Waals surface area (Å²) in [5.74, 6) is 0.551. The van der Waals surface area contributed by atoms with Crippen molar-refractivity contribution in [2.45, 2.75) is 63.6 Å². The molecule has 5 heteroatoms. The standard InChI is InChI=1S/C25H29N3OS/c1-17-7-5-6-12-28(17)21-13-20(14-21)25-27-22-11-10-19(15-23(22)30-25)24(29)26-16-18-8-3-2-4-9-18/h2-4,8-11,15,17,20-21H,5-7,12-14,16H2,1H3,(H,26,29). The first-order valence-corrected chi connectivity index (χ1v) is 12.0. The topological polar surface area (TPSA) is 45.2 Å². The predicted octanol–water partition coefficient (Wildman–Crippen LogP) is 5.35. The van der Waals surface area contributed by atoms with Crippen molar-refractivity contribution in [3.05, 3.63) is 64.7 Å². The van der Waals surface area contributed by atoms with Gasteiger partial charge in [-0.2, -0.15) is 0 Å².